The number of anilines is 1. The number of nitrogens with zero attached hydrogens (tertiary/aromatic N) is 3. The molecule has 0 saturated heterocycles. The molecule has 8 nitrogen and oxygen atoms in total. The number of ether oxygens (including phenoxy) is 1. The Morgan fingerprint density at radius 3 is 2.87 bits per heavy atom. The predicted molar refractivity (Wildman–Crippen MR) is 116 cm³/mol. The molecular weight excluding hydrogens is 423 g/mol. The molecule has 1 amide bonds. The van der Waals surface area contributed by atoms with E-state index in [-0.39, 0.29) is 11.7 Å². The number of aromatic nitrogens is 4. The largest absolute Gasteiger partial charge is 0.383 e. The van der Waals surface area contributed by atoms with E-state index in [4.69, 9.17) is 16.3 Å². The molecule has 1 aliphatic carbocycles. The van der Waals surface area contributed by atoms with Crippen LogP contribution < -0.4 is 10.6 Å². The first-order valence-corrected chi connectivity index (χ1v) is 10.6. The number of halogens is 2. The van der Waals surface area contributed by atoms with Crippen LogP contribution in [0.4, 0.5) is 10.2 Å². The highest BCUT2D eigenvalue weighted by atomic mass is 35.5. The molecule has 4 rings (SSSR count). The highest BCUT2D eigenvalue weighted by molar-refractivity contribution is 6.31. The van der Waals surface area contributed by atoms with E-state index in [1.54, 1.807) is 19.4 Å². The Labute approximate surface area is 184 Å². The molecule has 3 aromatic rings. The van der Waals surface area contributed by atoms with Gasteiger partial charge in [0.1, 0.15) is 11.2 Å². The summed E-state index contributed by atoms with van der Waals surface area (Å²) in [7, 11) is 1.58. The lowest BCUT2D eigenvalue weighted by Crippen LogP contribution is -2.54. The quantitative estimate of drug-likeness (QED) is 0.478. The molecule has 0 atom stereocenters. The molecule has 1 aliphatic rings. The maximum absolute atomic E-state index is 14.7. The first-order valence-electron chi connectivity index (χ1n) is 10.2. The smallest absolute Gasteiger partial charge is 0.245 e. The standard InChI is InChI=1S/C21H24ClFN6O2/c1-31-8-7-24-20(30)21(5-3-2-4-6-21)29-19-16(23)12-27-18(28-19)15-11-26-17-14(15)9-13(22)10-25-17/h9-12H,2-8H2,1H3,(H,24,30)(H,25,26)(H,27,28,29). The second kappa shape index (κ2) is 9.15. The summed E-state index contributed by atoms with van der Waals surface area (Å²) in [4.78, 5) is 28.9. The van der Waals surface area contributed by atoms with Gasteiger partial charge in [-0.05, 0) is 18.9 Å². The minimum Gasteiger partial charge on any atom is -0.383 e. The molecule has 1 saturated carbocycles. The third kappa shape index (κ3) is 4.47. The van der Waals surface area contributed by atoms with E-state index in [1.165, 1.54) is 6.20 Å². The molecule has 3 aromatic heterocycles. The van der Waals surface area contributed by atoms with Crippen molar-refractivity contribution in [1.82, 2.24) is 25.3 Å². The number of carbonyl (C=O) groups excluding carboxylic acids is 1. The summed E-state index contributed by atoms with van der Waals surface area (Å²) >= 11 is 6.08. The fraction of sp³-hybridized carbons (Fsp3) is 0.429. The third-order valence-corrected chi connectivity index (χ3v) is 5.78. The van der Waals surface area contributed by atoms with E-state index in [9.17, 15) is 9.18 Å². The number of hydrogen-bond acceptors (Lipinski definition) is 6. The molecule has 0 unspecified atom stereocenters. The molecule has 0 bridgehead atoms. The number of carbonyl (C=O) groups is 1. The van der Waals surface area contributed by atoms with Crippen molar-refractivity contribution in [3.05, 3.63) is 35.5 Å². The van der Waals surface area contributed by atoms with E-state index in [2.05, 4.69) is 30.6 Å². The van der Waals surface area contributed by atoms with Crippen molar-refractivity contribution < 1.29 is 13.9 Å². The molecule has 1 fully saturated rings. The van der Waals surface area contributed by atoms with Crippen LogP contribution in [0.2, 0.25) is 5.02 Å². The average molecular weight is 447 g/mol. The molecule has 3 heterocycles. The summed E-state index contributed by atoms with van der Waals surface area (Å²) in [5.74, 6) is -0.482. The van der Waals surface area contributed by atoms with Gasteiger partial charge in [0.25, 0.3) is 0 Å². The summed E-state index contributed by atoms with van der Waals surface area (Å²) in [5, 5.41) is 7.21. The van der Waals surface area contributed by atoms with Gasteiger partial charge in [-0.3, -0.25) is 4.79 Å². The summed E-state index contributed by atoms with van der Waals surface area (Å²) in [6, 6.07) is 1.75. The Bertz CT molecular complexity index is 1080. The molecular formula is C21H24ClFN6O2. The van der Waals surface area contributed by atoms with Crippen LogP contribution in [0, 0.1) is 5.82 Å². The lowest BCUT2D eigenvalue weighted by Gasteiger charge is -2.37. The highest BCUT2D eigenvalue weighted by Crippen LogP contribution is 2.33. The normalized spacial score (nSPS) is 15.7. The van der Waals surface area contributed by atoms with Crippen molar-refractivity contribution in [1.29, 1.82) is 0 Å². The minimum atomic E-state index is -0.927. The SMILES string of the molecule is COCCNC(=O)C1(Nc2nc(-c3c[nH]c4ncc(Cl)cc34)ncc2F)CCCCC1. The number of amides is 1. The van der Waals surface area contributed by atoms with Crippen molar-refractivity contribution in [3.8, 4) is 11.4 Å². The van der Waals surface area contributed by atoms with Crippen LogP contribution in [0.25, 0.3) is 22.4 Å². The zero-order valence-corrected chi connectivity index (χ0v) is 17.9. The van der Waals surface area contributed by atoms with Crippen molar-refractivity contribution in [3.63, 3.8) is 0 Å². The first kappa shape index (κ1) is 21.5. The number of H-pyrrole nitrogens is 1. The van der Waals surface area contributed by atoms with Crippen LogP contribution in [-0.2, 0) is 9.53 Å². The zero-order chi connectivity index (χ0) is 21.8. The van der Waals surface area contributed by atoms with Gasteiger partial charge in [0.2, 0.25) is 5.91 Å². The van der Waals surface area contributed by atoms with Gasteiger partial charge in [0, 0.05) is 37.0 Å². The van der Waals surface area contributed by atoms with E-state index in [0.29, 0.717) is 48.1 Å². The Morgan fingerprint density at radius 2 is 2.10 bits per heavy atom. The van der Waals surface area contributed by atoms with Gasteiger partial charge in [-0.2, -0.15) is 0 Å². The van der Waals surface area contributed by atoms with E-state index in [1.807, 2.05) is 0 Å². The molecule has 10 heteroatoms. The first-order chi connectivity index (χ1) is 15.0. The lowest BCUT2D eigenvalue weighted by atomic mass is 9.80. The van der Waals surface area contributed by atoms with Crippen LogP contribution in [-0.4, -0.2) is 51.6 Å². The van der Waals surface area contributed by atoms with E-state index >= 15 is 0 Å². The van der Waals surface area contributed by atoms with E-state index in [0.717, 1.165) is 30.8 Å². The highest BCUT2D eigenvalue weighted by Gasteiger charge is 2.40. The minimum absolute atomic E-state index is 0.00173. The van der Waals surface area contributed by atoms with Gasteiger partial charge in [-0.1, -0.05) is 30.9 Å². The van der Waals surface area contributed by atoms with Crippen LogP contribution in [0.1, 0.15) is 32.1 Å². The van der Waals surface area contributed by atoms with Crippen molar-refractivity contribution in [2.24, 2.45) is 0 Å². The average Bonchev–Trinajstić information content (AvgIpc) is 3.19. The lowest BCUT2D eigenvalue weighted by molar-refractivity contribution is -0.126. The topological polar surface area (TPSA) is 105 Å². The van der Waals surface area contributed by atoms with Gasteiger partial charge < -0.3 is 20.4 Å². The molecule has 0 spiro atoms. The van der Waals surface area contributed by atoms with Crippen molar-refractivity contribution in [2.75, 3.05) is 25.6 Å². The van der Waals surface area contributed by atoms with Gasteiger partial charge >= 0.3 is 0 Å². The summed E-state index contributed by atoms with van der Waals surface area (Å²) in [6.07, 6.45) is 8.33. The molecule has 3 N–H and O–H groups in total. The number of nitrogens with one attached hydrogen (secondary N) is 3. The second-order valence-corrected chi connectivity index (χ2v) is 8.10. The second-order valence-electron chi connectivity index (χ2n) is 7.66. The summed E-state index contributed by atoms with van der Waals surface area (Å²) in [6.45, 7) is 0.796. The van der Waals surface area contributed by atoms with Gasteiger partial charge in [0.05, 0.1) is 17.8 Å². The fourth-order valence-electron chi connectivity index (χ4n) is 3.97. The number of fused-ring (bicyclic) bond motifs is 1. The van der Waals surface area contributed by atoms with E-state index < -0.39 is 11.4 Å². The number of hydrogen-bond donors (Lipinski definition) is 3. The summed E-state index contributed by atoms with van der Waals surface area (Å²) < 4.78 is 19.7. The Balaban J connectivity index is 1.66. The fourth-order valence-corrected chi connectivity index (χ4v) is 4.13. The van der Waals surface area contributed by atoms with Gasteiger partial charge in [0.15, 0.2) is 17.5 Å². The molecule has 0 aliphatic heterocycles. The molecule has 31 heavy (non-hydrogen) atoms. The van der Waals surface area contributed by atoms with Crippen LogP contribution in [0.3, 0.4) is 0 Å². The molecule has 164 valence electrons. The van der Waals surface area contributed by atoms with Gasteiger partial charge in [-0.15, -0.1) is 0 Å². The van der Waals surface area contributed by atoms with Crippen molar-refractivity contribution >= 4 is 34.4 Å². The number of pyridine rings is 1. The number of aromatic amines is 1. The van der Waals surface area contributed by atoms with Crippen LogP contribution in [0.15, 0.2) is 24.7 Å². The zero-order valence-electron chi connectivity index (χ0n) is 17.2. The predicted octanol–water partition coefficient (Wildman–Crippen LogP) is 3.69. The maximum Gasteiger partial charge on any atom is 0.245 e. The van der Waals surface area contributed by atoms with Gasteiger partial charge in [-0.25, -0.2) is 19.3 Å². The summed E-state index contributed by atoms with van der Waals surface area (Å²) in [5.41, 5.74) is 0.349. The molecule has 0 radical (unpaired) electrons. The monoisotopic (exact) mass is 446 g/mol. The van der Waals surface area contributed by atoms with Crippen molar-refractivity contribution in [2.45, 2.75) is 37.6 Å². The Morgan fingerprint density at radius 1 is 1.29 bits per heavy atom. The maximum atomic E-state index is 14.7. The number of methoxy groups -OCH3 is 1. The number of rotatable bonds is 7. The third-order valence-electron chi connectivity index (χ3n) is 5.57. The Kier molecular flexibility index (Phi) is 6.33. The molecule has 0 aromatic carbocycles. The van der Waals surface area contributed by atoms with Crippen LogP contribution >= 0.6 is 11.6 Å². The van der Waals surface area contributed by atoms with Crippen LogP contribution in [0.5, 0.6) is 0 Å². The Hall–Kier alpha value is -2.78.